The van der Waals surface area contributed by atoms with Crippen molar-refractivity contribution in [3.8, 4) is 17.1 Å². The molecule has 0 N–H and O–H groups in total. The maximum Gasteiger partial charge on any atom is 0.297 e. The quantitative estimate of drug-likeness (QED) is 0.289. The van der Waals surface area contributed by atoms with Crippen LogP contribution in [0.25, 0.3) is 28.1 Å². The summed E-state index contributed by atoms with van der Waals surface area (Å²) in [7, 11) is 1.89. The lowest BCUT2D eigenvalue weighted by Gasteiger charge is -2.17. The van der Waals surface area contributed by atoms with Crippen LogP contribution in [0.1, 0.15) is 38.4 Å². The third-order valence-electron chi connectivity index (χ3n) is 6.46. The van der Waals surface area contributed by atoms with E-state index in [4.69, 9.17) is 9.41 Å². The molecule has 0 bridgehead atoms. The molecule has 3 aromatic heterocycles. The molecular weight excluding hydrogens is 444 g/mol. The number of hydrogen-bond donors (Lipinski definition) is 0. The van der Waals surface area contributed by atoms with Crippen LogP contribution in [-0.4, -0.2) is 13.9 Å². The minimum atomic E-state index is -0.124. The number of benzene rings is 2. The van der Waals surface area contributed by atoms with E-state index in [1.54, 1.807) is 16.0 Å². The van der Waals surface area contributed by atoms with E-state index in [-0.39, 0.29) is 11.6 Å². The number of rotatable bonds is 6. The van der Waals surface area contributed by atoms with Gasteiger partial charge in [-0.25, -0.2) is 9.67 Å². The lowest BCUT2D eigenvalue weighted by Crippen LogP contribution is -2.22. The van der Waals surface area contributed by atoms with Gasteiger partial charge < -0.3 is 8.98 Å². The van der Waals surface area contributed by atoms with Crippen molar-refractivity contribution in [3.63, 3.8) is 0 Å². The van der Waals surface area contributed by atoms with Crippen molar-refractivity contribution in [2.45, 2.75) is 39.7 Å². The molecule has 0 spiro atoms. The summed E-state index contributed by atoms with van der Waals surface area (Å²) in [6.45, 7) is 6.30. The SMILES string of the molecule is CCC(CC)n1c(-c2cc3ccccc3o2)csc1=Nc1c(C)n(C)n(-c2ccccc2)c1=O. The van der Waals surface area contributed by atoms with Crippen molar-refractivity contribution in [1.82, 2.24) is 13.9 Å². The van der Waals surface area contributed by atoms with E-state index in [0.29, 0.717) is 5.69 Å². The van der Waals surface area contributed by atoms with Crippen LogP contribution in [0, 0.1) is 6.92 Å². The van der Waals surface area contributed by atoms with Gasteiger partial charge in [-0.15, -0.1) is 11.3 Å². The number of nitrogens with zero attached hydrogens (tertiary/aromatic N) is 4. The van der Waals surface area contributed by atoms with E-state index in [1.807, 2.05) is 67.2 Å². The molecule has 0 saturated carbocycles. The molecule has 5 rings (SSSR count). The van der Waals surface area contributed by atoms with Gasteiger partial charge in [-0.1, -0.05) is 50.2 Å². The van der Waals surface area contributed by atoms with Gasteiger partial charge in [0.05, 0.1) is 17.1 Å². The Hall–Kier alpha value is -3.58. The summed E-state index contributed by atoms with van der Waals surface area (Å²) >= 11 is 1.54. The van der Waals surface area contributed by atoms with Crippen molar-refractivity contribution in [2.75, 3.05) is 0 Å². The predicted octanol–water partition coefficient (Wildman–Crippen LogP) is 6.35. The lowest BCUT2D eigenvalue weighted by atomic mass is 10.1. The molecule has 0 aliphatic carbocycles. The van der Waals surface area contributed by atoms with Crippen LogP contribution in [0.5, 0.6) is 0 Å². The molecule has 0 amide bonds. The van der Waals surface area contributed by atoms with E-state index < -0.39 is 0 Å². The Morgan fingerprint density at radius 2 is 1.74 bits per heavy atom. The molecule has 0 fully saturated rings. The Bertz CT molecular complexity index is 1540. The number of aromatic nitrogens is 3. The maximum atomic E-state index is 13.5. The van der Waals surface area contributed by atoms with E-state index in [1.165, 1.54) is 0 Å². The third-order valence-corrected chi connectivity index (χ3v) is 7.30. The Labute approximate surface area is 202 Å². The topological polar surface area (TPSA) is 57.4 Å². The molecule has 7 heteroatoms. The summed E-state index contributed by atoms with van der Waals surface area (Å²) in [4.78, 5) is 19.2. The number of thiazole rings is 1. The Kier molecular flexibility index (Phi) is 5.87. The number of para-hydroxylation sites is 2. The maximum absolute atomic E-state index is 13.5. The molecule has 0 atom stereocenters. The average Bonchev–Trinajstić information content (AvgIpc) is 3.52. The van der Waals surface area contributed by atoms with Gasteiger partial charge in [0.25, 0.3) is 5.56 Å². The Morgan fingerprint density at radius 1 is 1.03 bits per heavy atom. The molecule has 3 heterocycles. The average molecular weight is 473 g/mol. The van der Waals surface area contributed by atoms with Gasteiger partial charge in [0, 0.05) is 23.9 Å². The van der Waals surface area contributed by atoms with Crippen LogP contribution in [-0.2, 0) is 7.05 Å². The van der Waals surface area contributed by atoms with Crippen molar-refractivity contribution in [2.24, 2.45) is 12.0 Å². The van der Waals surface area contributed by atoms with Crippen LogP contribution in [0.2, 0.25) is 0 Å². The number of furan rings is 1. The zero-order valence-corrected chi connectivity index (χ0v) is 20.7. The van der Waals surface area contributed by atoms with Gasteiger partial charge in [0.1, 0.15) is 5.58 Å². The fourth-order valence-corrected chi connectivity index (χ4v) is 5.43. The van der Waals surface area contributed by atoms with Gasteiger partial charge in [0.2, 0.25) is 0 Å². The highest BCUT2D eigenvalue weighted by molar-refractivity contribution is 7.07. The van der Waals surface area contributed by atoms with Crippen LogP contribution < -0.4 is 10.4 Å². The van der Waals surface area contributed by atoms with Crippen molar-refractivity contribution in [3.05, 3.63) is 86.9 Å². The van der Waals surface area contributed by atoms with Gasteiger partial charge in [-0.3, -0.25) is 9.48 Å². The van der Waals surface area contributed by atoms with Crippen molar-refractivity contribution >= 4 is 28.0 Å². The minimum Gasteiger partial charge on any atom is -0.454 e. The van der Waals surface area contributed by atoms with E-state index >= 15 is 0 Å². The summed E-state index contributed by atoms with van der Waals surface area (Å²) in [5.41, 5.74) is 3.84. The first-order chi connectivity index (χ1) is 16.5. The summed E-state index contributed by atoms with van der Waals surface area (Å²) in [5, 5.41) is 3.16. The minimum absolute atomic E-state index is 0.124. The van der Waals surface area contributed by atoms with E-state index in [0.717, 1.165) is 51.4 Å². The molecule has 34 heavy (non-hydrogen) atoms. The van der Waals surface area contributed by atoms with Gasteiger partial charge in [-0.2, -0.15) is 0 Å². The van der Waals surface area contributed by atoms with Crippen molar-refractivity contribution in [1.29, 1.82) is 0 Å². The molecule has 6 nitrogen and oxygen atoms in total. The molecule has 0 aliphatic rings. The van der Waals surface area contributed by atoms with E-state index in [9.17, 15) is 4.79 Å². The fourth-order valence-electron chi connectivity index (χ4n) is 4.48. The molecule has 0 unspecified atom stereocenters. The first kappa shape index (κ1) is 22.2. The fraction of sp³-hybridized carbons (Fsp3) is 0.259. The largest absolute Gasteiger partial charge is 0.454 e. The molecule has 2 aromatic carbocycles. The second kappa shape index (κ2) is 8.99. The first-order valence-corrected chi connectivity index (χ1v) is 12.5. The van der Waals surface area contributed by atoms with Gasteiger partial charge in [0.15, 0.2) is 16.2 Å². The number of fused-ring (bicyclic) bond motifs is 1. The molecule has 0 aliphatic heterocycles. The van der Waals surface area contributed by atoms with Crippen LogP contribution in [0.3, 0.4) is 0 Å². The number of hydrogen-bond acceptors (Lipinski definition) is 4. The molecule has 174 valence electrons. The standard InChI is InChI=1S/C27H28N4O2S/c1-5-20(6-2)30-22(24-16-19-12-10-11-15-23(19)33-24)17-34-27(30)28-25-18(3)29(4)31(26(25)32)21-13-8-7-9-14-21/h7-17,20H,5-6H2,1-4H3. The zero-order valence-electron chi connectivity index (χ0n) is 19.9. The summed E-state index contributed by atoms with van der Waals surface area (Å²) < 4.78 is 12.0. The molecule has 0 radical (unpaired) electrons. The van der Waals surface area contributed by atoms with Gasteiger partial charge >= 0.3 is 0 Å². The summed E-state index contributed by atoms with van der Waals surface area (Å²) in [6, 6.07) is 20.0. The summed E-state index contributed by atoms with van der Waals surface area (Å²) in [5.74, 6) is 0.817. The zero-order chi connectivity index (χ0) is 23.8. The Morgan fingerprint density at radius 3 is 2.44 bits per heavy atom. The monoisotopic (exact) mass is 472 g/mol. The highest BCUT2D eigenvalue weighted by atomic mass is 32.1. The molecule has 5 aromatic rings. The van der Waals surface area contributed by atoms with Crippen LogP contribution >= 0.6 is 11.3 Å². The lowest BCUT2D eigenvalue weighted by molar-refractivity contribution is 0.461. The van der Waals surface area contributed by atoms with E-state index in [2.05, 4.69) is 35.9 Å². The summed E-state index contributed by atoms with van der Waals surface area (Å²) in [6.07, 6.45) is 1.91. The highest BCUT2D eigenvalue weighted by Gasteiger charge is 2.20. The molecular formula is C27H28N4O2S. The van der Waals surface area contributed by atoms with Gasteiger partial charge in [-0.05, 0) is 44.0 Å². The van der Waals surface area contributed by atoms with Crippen LogP contribution in [0.4, 0.5) is 5.69 Å². The third kappa shape index (κ3) is 3.66. The normalized spacial score (nSPS) is 12.3. The smallest absolute Gasteiger partial charge is 0.297 e. The first-order valence-electron chi connectivity index (χ1n) is 11.6. The second-order valence-electron chi connectivity index (χ2n) is 8.41. The van der Waals surface area contributed by atoms with Crippen LogP contribution in [0.15, 0.2) is 80.2 Å². The van der Waals surface area contributed by atoms with Crippen molar-refractivity contribution < 1.29 is 4.42 Å². The molecule has 0 saturated heterocycles. The highest BCUT2D eigenvalue weighted by Crippen LogP contribution is 2.31. The predicted molar refractivity (Wildman–Crippen MR) is 138 cm³/mol. The Balaban J connectivity index is 1.72. The second-order valence-corrected chi connectivity index (χ2v) is 9.25.